The first-order valence-electron chi connectivity index (χ1n) is 6.82. The van der Waals surface area contributed by atoms with Crippen molar-refractivity contribution in [3.8, 4) is 11.3 Å². The number of aromatic nitrogens is 2. The molecule has 1 atom stereocenters. The summed E-state index contributed by atoms with van der Waals surface area (Å²) in [7, 11) is 0. The van der Waals surface area contributed by atoms with Crippen LogP contribution in [-0.4, -0.2) is 9.78 Å². The molecule has 1 heterocycles. The number of rotatable bonds is 2. The van der Waals surface area contributed by atoms with Crippen LogP contribution in [0.4, 0.5) is 10.2 Å². The van der Waals surface area contributed by atoms with E-state index in [4.69, 9.17) is 5.73 Å². The number of hydrogen-bond donors (Lipinski definition) is 1. The fourth-order valence-corrected chi connectivity index (χ4v) is 2.28. The van der Waals surface area contributed by atoms with Crippen molar-refractivity contribution >= 4 is 11.5 Å². The Morgan fingerprint density at radius 1 is 1.19 bits per heavy atom. The maximum atomic E-state index is 13.0. The van der Waals surface area contributed by atoms with Crippen LogP contribution in [0.3, 0.4) is 0 Å². The minimum Gasteiger partial charge on any atom is -0.384 e. The molecule has 2 N–H and O–H groups in total. The van der Waals surface area contributed by atoms with Gasteiger partial charge in [-0.3, -0.25) is 0 Å². The quantitative estimate of drug-likeness (QED) is 0.908. The lowest BCUT2D eigenvalue weighted by Gasteiger charge is -2.06. The smallest absolute Gasteiger partial charge is 0.127 e. The minimum atomic E-state index is -0.263. The second-order valence-corrected chi connectivity index (χ2v) is 5.07. The molecule has 0 saturated carbocycles. The fraction of sp³-hybridized carbons (Fsp3) is 0.118. The van der Waals surface area contributed by atoms with E-state index in [2.05, 4.69) is 24.2 Å². The maximum Gasteiger partial charge on any atom is 0.127 e. The molecule has 0 aliphatic heterocycles. The summed E-state index contributed by atoms with van der Waals surface area (Å²) in [5.41, 5.74) is 8.56. The molecule has 1 unspecified atom stereocenters. The number of allylic oxidation sites excluding steroid dienone is 6. The van der Waals surface area contributed by atoms with E-state index in [0.29, 0.717) is 11.7 Å². The number of nitrogens with zero attached hydrogens (tertiary/aromatic N) is 2. The van der Waals surface area contributed by atoms with Crippen LogP contribution < -0.4 is 5.73 Å². The van der Waals surface area contributed by atoms with E-state index in [1.807, 2.05) is 18.2 Å². The summed E-state index contributed by atoms with van der Waals surface area (Å²) >= 11 is 0. The molecule has 0 radical (unpaired) electrons. The predicted octanol–water partition coefficient (Wildman–Crippen LogP) is 3.87. The molecule has 1 aliphatic carbocycles. The van der Waals surface area contributed by atoms with Crippen LogP contribution in [-0.2, 0) is 0 Å². The molecule has 1 aliphatic rings. The highest BCUT2D eigenvalue weighted by Gasteiger charge is 2.11. The van der Waals surface area contributed by atoms with Crippen LogP contribution in [0.2, 0.25) is 0 Å². The lowest BCUT2D eigenvalue weighted by atomic mass is 10.1. The van der Waals surface area contributed by atoms with Gasteiger partial charge in [0.25, 0.3) is 0 Å². The number of nitrogens with two attached hydrogens (primary N) is 1. The van der Waals surface area contributed by atoms with E-state index in [0.717, 1.165) is 17.0 Å². The number of hydrogen-bond acceptors (Lipinski definition) is 2. The van der Waals surface area contributed by atoms with Gasteiger partial charge in [0.05, 0.1) is 11.4 Å². The topological polar surface area (TPSA) is 43.8 Å². The highest BCUT2D eigenvalue weighted by molar-refractivity contribution is 5.68. The Labute approximate surface area is 122 Å². The van der Waals surface area contributed by atoms with Gasteiger partial charge in [-0.05, 0) is 36.3 Å². The molecular formula is C17H16FN3. The van der Waals surface area contributed by atoms with Crippen LogP contribution in [0.1, 0.15) is 6.92 Å². The normalized spacial score (nSPS) is 17.6. The van der Waals surface area contributed by atoms with Gasteiger partial charge in [0, 0.05) is 11.6 Å². The monoisotopic (exact) mass is 281 g/mol. The molecule has 2 aromatic rings. The van der Waals surface area contributed by atoms with Gasteiger partial charge in [0.15, 0.2) is 0 Å². The third-order valence-corrected chi connectivity index (χ3v) is 3.35. The number of nitrogen functional groups attached to an aromatic ring is 1. The Bertz CT molecular complexity index is 736. The summed E-state index contributed by atoms with van der Waals surface area (Å²) in [5, 5.41) is 4.53. The van der Waals surface area contributed by atoms with Gasteiger partial charge in [0.1, 0.15) is 11.6 Å². The summed E-state index contributed by atoms with van der Waals surface area (Å²) in [4.78, 5) is 0. The second kappa shape index (κ2) is 5.40. The summed E-state index contributed by atoms with van der Waals surface area (Å²) in [5.74, 6) is 0.604. The van der Waals surface area contributed by atoms with Gasteiger partial charge in [-0.15, -0.1) is 0 Å². The van der Waals surface area contributed by atoms with E-state index in [-0.39, 0.29) is 5.82 Å². The first-order chi connectivity index (χ1) is 10.1. The molecule has 3 nitrogen and oxygen atoms in total. The van der Waals surface area contributed by atoms with Crippen molar-refractivity contribution < 1.29 is 4.39 Å². The molecule has 106 valence electrons. The van der Waals surface area contributed by atoms with Crippen molar-refractivity contribution in [2.45, 2.75) is 6.92 Å². The van der Waals surface area contributed by atoms with Crippen LogP contribution in [0.15, 0.2) is 60.7 Å². The Balaban J connectivity index is 2.00. The van der Waals surface area contributed by atoms with E-state index >= 15 is 0 Å². The van der Waals surface area contributed by atoms with Gasteiger partial charge < -0.3 is 5.73 Å². The van der Waals surface area contributed by atoms with E-state index in [9.17, 15) is 4.39 Å². The van der Waals surface area contributed by atoms with Crippen LogP contribution in [0.25, 0.3) is 17.0 Å². The zero-order valence-electron chi connectivity index (χ0n) is 11.7. The van der Waals surface area contributed by atoms with Crippen LogP contribution >= 0.6 is 0 Å². The Morgan fingerprint density at radius 3 is 2.71 bits per heavy atom. The van der Waals surface area contributed by atoms with Gasteiger partial charge >= 0.3 is 0 Å². The second-order valence-electron chi connectivity index (χ2n) is 5.07. The first-order valence-corrected chi connectivity index (χ1v) is 6.82. The average molecular weight is 281 g/mol. The molecule has 0 spiro atoms. The number of anilines is 1. The molecule has 0 fully saturated rings. The van der Waals surface area contributed by atoms with Crippen molar-refractivity contribution in [2.24, 2.45) is 5.92 Å². The Hall–Kier alpha value is -2.62. The highest BCUT2D eigenvalue weighted by atomic mass is 19.1. The molecule has 0 amide bonds. The minimum absolute atomic E-state index is 0.263. The number of halogens is 1. The van der Waals surface area contributed by atoms with Gasteiger partial charge in [0.2, 0.25) is 0 Å². The van der Waals surface area contributed by atoms with Crippen LogP contribution in [0, 0.1) is 11.7 Å². The average Bonchev–Trinajstić information content (AvgIpc) is 2.71. The number of benzene rings is 1. The fourth-order valence-electron chi connectivity index (χ4n) is 2.28. The van der Waals surface area contributed by atoms with E-state index in [1.165, 1.54) is 12.1 Å². The van der Waals surface area contributed by atoms with E-state index in [1.54, 1.807) is 22.9 Å². The zero-order chi connectivity index (χ0) is 14.8. The molecule has 1 aromatic carbocycles. The summed E-state index contributed by atoms with van der Waals surface area (Å²) in [6, 6.07) is 8.03. The highest BCUT2D eigenvalue weighted by Crippen LogP contribution is 2.24. The largest absolute Gasteiger partial charge is 0.384 e. The molecule has 0 bridgehead atoms. The lowest BCUT2D eigenvalue weighted by Crippen LogP contribution is -2.03. The van der Waals surface area contributed by atoms with Crippen molar-refractivity contribution in [2.75, 3.05) is 5.73 Å². The van der Waals surface area contributed by atoms with Gasteiger partial charge in [-0.25, -0.2) is 9.07 Å². The molecular weight excluding hydrogens is 265 g/mol. The molecule has 21 heavy (non-hydrogen) atoms. The van der Waals surface area contributed by atoms with Crippen LogP contribution in [0.5, 0.6) is 0 Å². The van der Waals surface area contributed by atoms with Crippen molar-refractivity contribution in [3.05, 3.63) is 66.5 Å². The summed E-state index contributed by atoms with van der Waals surface area (Å²) in [6.07, 6.45) is 10.1. The van der Waals surface area contributed by atoms with E-state index < -0.39 is 0 Å². The standard InChI is InChI=1S/C17H16FN3/c1-12-4-2-3-5-15(10-12)21-17(19)11-16(20-21)13-6-8-14(18)9-7-13/h2-12H,19H2,1H3. The molecule has 3 rings (SSSR count). The van der Waals surface area contributed by atoms with Crippen molar-refractivity contribution in [3.63, 3.8) is 0 Å². The Morgan fingerprint density at radius 2 is 1.95 bits per heavy atom. The third-order valence-electron chi connectivity index (χ3n) is 3.35. The van der Waals surface area contributed by atoms with Gasteiger partial charge in [-0.1, -0.05) is 31.2 Å². The van der Waals surface area contributed by atoms with Crippen molar-refractivity contribution in [1.82, 2.24) is 9.78 Å². The zero-order valence-corrected chi connectivity index (χ0v) is 11.7. The predicted molar refractivity (Wildman–Crippen MR) is 83.8 cm³/mol. The maximum absolute atomic E-state index is 13.0. The molecule has 4 heteroatoms. The molecule has 0 saturated heterocycles. The Kier molecular flexibility index (Phi) is 3.44. The van der Waals surface area contributed by atoms with Gasteiger partial charge in [-0.2, -0.15) is 5.10 Å². The third kappa shape index (κ3) is 2.79. The first kappa shape index (κ1) is 13.4. The SMILES string of the molecule is CC1C=CC=CC(n2nc(-c3ccc(F)cc3)cc2N)=C1. The molecule has 1 aromatic heterocycles. The van der Waals surface area contributed by atoms with Crippen molar-refractivity contribution in [1.29, 1.82) is 0 Å². The lowest BCUT2D eigenvalue weighted by molar-refractivity contribution is 0.628. The summed E-state index contributed by atoms with van der Waals surface area (Å²) in [6.45, 7) is 2.10. The summed E-state index contributed by atoms with van der Waals surface area (Å²) < 4.78 is 14.7.